The van der Waals surface area contributed by atoms with Gasteiger partial charge in [-0.3, -0.25) is 0 Å². The van der Waals surface area contributed by atoms with Crippen molar-refractivity contribution in [2.24, 2.45) is 0 Å². The lowest BCUT2D eigenvalue weighted by molar-refractivity contribution is 0.255. The second-order valence-corrected chi connectivity index (χ2v) is 5.05. The number of nitrogens with zero attached hydrogens (tertiary/aromatic N) is 1. The molecule has 1 aromatic carbocycles. The average molecular weight is 291 g/mol. The lowest BCUT2D eigenvalue weighted by atomic mass is 9.90. The summed E-state index contributed by atoms with van der Waals surface area (Å²) in [6.07, 6.45) is 2.60. The van der Waals surface area contributed by atoms with Gasteiger partial charge >= 0.3 is 0 Å². The first kappa shape index (κ1) is 13.0. The zero-order valence-corrected chi connectivity index (χ0v) is 11.4. The van der Waals surface area contributed by atoms with E-state index in [2.05, 4.69) is 52.1 Å². The zero-order chi connectivity index (χ0) is 9.97. The molecule has 0 aromatic heterocycles. The Hall–Kier alpha value is -0.0500. The van der Waals surface area contributed by atoms with E-state index < -0.39 is 0 Å². The van der Waals surface area contributed by atoms with Gasteiger partial charge in [-0.15, -0.1) is 12.4 Å². The van der Waals surface area contributed by atoms with Crippen LogP contribution in [0.2, 0.25) is 0 Å². The molecule has 0 unspecified atom stereocenters. The first-order chi connectivity index (χ1) is 6.75. The Labute approximate surface area is 106 Å². The lowest BCUT2D eigenvalue weighted by Crippen LogP contribution is -2.29. The summed E-state index contributed by atoms with van der Waals surface area (Å²) >= 11 is 3.53. The quantitative estimate of drug-likeness (QED) is 0.762. The van der Waals surface area contributed by atoms with Gasteiger partial charge in [-0.05, 0) is 56.6 Å². The minimum atomic E-state index is 0. The molecular formula is C12H17BrClN. The largest absolute Gasteiger partial charge is 0.306 e. The zero-order valence-electron chi connectivity index (χ0n) is 8.95. The van der Waals surface area contributed by atoms with Crippen molar-refractivity contribution in [1.29, 1.82) is 0 Å². The molecule has 1 fully saturated rings. The van der Waals surface area contributed by atoms with Gasteiger partial charge in [0.15, 0.2) is 0 Å². The molecule has 84 valence electrons. The SMILES string of the molecule is CN1CCC(c2cccc(Br)c2)CC1.Cl. The normalized spacial score (nSPS) is 18.5. The molecule has 0 saturated carbocycles. The van der Waals surface area contributed by atoms with Crippen molar-refractivity contribution < 1.29 is 0 Å². The van der Waals surface area contributed by atoms with E-state index in [9.17, 15) is 0 Å². The highest BCUT2D eigenvalue weighted by Crippen LogP contribution is 2.28. The fourth-order valence-corrected chi connectivity index (χ4v) is 2.52. The highest BCUT2D eigenvalue weighted by molar-refractivity contribution is 9.10. The van der Waals surface area contributed by atoms with Crippen LogP contribution in [0.15, 0.2) is 28.7 Å². The number of halogens is 2. The fraction of sp³-hybridized carbons (Fsp3) is 0.500. The van der Waals surface area contributed by atoms with Crippen LogP contribution in [-0.4, -0.2) is 25.0 Å². The molecule has 0 amide bonds. The second-order valence-electron chi connectivity index (χ2n) is 4.13. The van der Waals surface area contributed by atoms with E-state index in [4.69, 9.17) is 0 Å². The molecule has 0 spiro atoms. The Kier molecular flexibility index (Phi) is 5.10. The van der Waals surface area contributed by atoms with Crippen LogP contribution in [0, 0.1) is 0 Å². The van der Waals surface area contributed by atoms with Gasteiger partial charge in [-0.25, -0.2) is 0 Å². The van der Waals surface area contributed by atoms with Crippen molar-refractivity contribution in [3.05, 3.63) is 34.3 Å². The van der Waals surface area contributed by atoms with Crippen molar-refractivity contribution in [3.63, 3.8) is 0 Å². The molecule has 0 atom stereocenters. The van der Waals surface area contributed by atoms with Crippen LogP contribution in [-0.2, 0) is 0 Å². The van der Waals surface area contributed by atoms with Crippen LogP contribution < -0.4 is 0 Å². The monoisotopic (exact) mass is 289 g/mol. The van der Waals surface area contributed by atoms with Gasteiger partial charge in [0.25, 0.3) is 0 Å². The van der Waals surface area contributed by atoms with Gasteiger partial charge < -0.3 is 4.90 Å². The van der Waals surface area contributed by atoms with E-state index in [0.717, 1.165) is 5.92 Å². The first-order valence-corrected chi connectivity index (χ1v) is 5.99. The molecule has 1 aliphatic rings. The third kappa shape index (κ3) is 3.47. The summed E-state index contributed by atoms with van der Waals surface area (Å²) in [6.45, 7) is 2.47. The molecule has 3 heteroatoms. The van der Waals surface area contributed by atoms with Crippen LogP contribution in [0.1, 0.15) is 24.3 Å². The van der Waals surface area contributed by atoms with Crippen molar-refractivity contribution in [1.82, 2.24) is 4.90 Å². The van der Waals surface area contributed by atoms with Crippen LogP contribution in [0.25, 0.3) is 0 Å². The lowest BCUT2D eigenvalue weighted by Gasteiger charge is -2.29. The van der Waals surface area contributed by atoms with Crippen molar-refractivity contribution in [3.8, 4) is 0 Å². The summed E-state index contributed by atoms with van der Waals surface area (Å²) < 4.78 is 1.20. The van der Waals surface area contributed by atoms with E-state index in [1.54, 1.807) is 0 Å². The molecule has 0 radical (unpaired) electrons. The maximum Gasteiger partial charge on any atom is 0.0178 e. The molecule has 1 nitrogen and oxygen atoms in total. The summed E-state index contributed by atoms with van der Waals surface area (Å²) in [5.41, 5.74) is 1.49. The van der Waals surface area contributed by atoms with Crippen molar-refractivity contribution >= 4 is 28.3 Å². The van der Waals surface area contributed by atoms with E-state index in [0.29, 0.717) is 0 Å². The number of piperidine rings is 1. The standard InChI is InChI=1S/C12H16BrN.ClH/c1-14-7-5-10(6-8-14)11-3-2-4-12(13)9-11;/h2-4,9-10H,5-8H2,1H3;1H. The third-order valence-electron chi connectivity index (χ3n) is 3.04. The average Bonchev–Trinajstić information content (AvgIpc) is 2.19. The van der Waals surface area contributed by atoms with Crippen LogP contribution in [0.4, 0.5) is 0 Å². The molecule has 0 aliphatic carbocycles. The van der Waals surface area contributed by atoms with Gasteiger partial charge in [0.1, 0.15) is 0 Å². The summed E-state index contributed by atoms with van der Waals surface area (Å²) in [6, 6.07) is 8.74. The Morgan fingerprint density at radius 3 is 2.53 bits per heavy atom. The summed E-state index contributed by atoms with van der Waals surface area (Å²) in [4.78, 5) is 2.41. The first-order valence-electron chi connectivity index (χ1n) is 5.20. The number of rotatable bonds is 1. The highest BCUT2D eigenvalue weighted by Gasteiger charge is 2.17. The molecule has 1 aromatic rings. The minimum Gasteiger partial charge on any atom is -0.306 e. The number of hydrogen-bond acceptors (Lipinski definition) is 1. The van der Waals surface area contributed by atoms with Gasteiger partial charge in [0, 0.05) is 4.47 Å². The summed E-state index contributed by atoms with van der Waals surface area (Å²) in [7, 11) is 2.21. The van der Waals surface area contributed by atoms with Gasteiger partial charge in [-0.2, -0.15) is 0 Å². The Balaban J connectivity index is 0.00000112. The molecule has 1 heterocycles. The Bertz CT molecular complexity index is 308. The number of benzene rings is 1. The van der Waals surface area contributed by atoms with Crippen molar-refractivity contribution in [2.45, 2.75) is 18.8 Å². The van der Waals surface area contributed by atoms with Crippen molar-refractivity contribution in [2.75, 3.05) is 20.1 Å². The van der Waals surface area contributed by atoms with Crippen LogP contribution >= 0.6 is 28.3 Å². The topological polar surface area (TPSA) is 3.24 Å². The second kappa shape index (κ2) is 5.88. The van der Waals surface area contributed by atoms with Gasteiger partial charge in [-0.1, -0.05) is 28.1 Å². The molecule has 0 N–H and O–H groups in total. The minimum absolute atomic E-state index is 0. The van der Waals surface area contributed by atoms with E-state index in [1.165, 1.54) is 36.0 Å². The number of likely N-dealkylation sites (tertiary alicyclic amines) is 1. The smallest absolute Gasteiger partial charge is 0.0178 e. The molecule has 2 rings (SSSR count). The molecule has 0 bridgehead atoms. The predicted octanol–water partition coefficient (Wildman–Crippen LogP) is 3.68. The Morgan fingerprint density at radius 2 is 1.93 bits per heavy atom. The third-order valence-corrected chi connectivity index (χ3v) is 3.53. The van der Waals surface area contributed by atoms with Crippen LogP contribution in [0.5, 0.6) is 0 Å². The van der Waals surface area contributed by atoms with E-state index >= 15 is 0 Å². The maximum absolute atomic E-state index is 3.53. The number of hydrogen-bond donors (Lipinski definition) is 0. The van der Waals surface area contributed by atoms with E-state index in [1.807, 2.05) is 0 Å². The maximum atomic E-state index is 3.53. The van der Waals surface area contributed by atoms with Gasteiger partial charge in [0.05, 0.1) is 0 Å². The molecule has 15 heavy (non-hydrogen) atoms. The predicted molar refractivity (Wildman–Crippen MR) is 70.9 cm³/mol. The highest BCUT2D eigenvalue weighted by atomic mass is 79.9. The molecule has 1 saturated heterocycles. The van der Waals surface area contributed by atoms with E-state index in [-0.39, 0.29) is 12.4 Å². The Morgan fingerprint density at radius 1 is 1.27 bits per heavy atom. The molecule has 1 aliphatic heterocycles. The van der Waals surface area contributed by atoms with Gasteiger partial charge in [0.2, 0.25) is 0 Å². The fourth-order valence-electron chi connectivity index (χ4n) is 2.10. The summed E-state index contributed by atoms with van der Waals surface area (Å²) in [5.74, 6) is 0.767. The molecular weight excluding hydrogens is 273 g/mol. The summed E-state index contributed by atoms with van der Waals surface area (Å²) in [5, 5.41) is 0. The van der Waals surface area contributed by atoms with Crippen LogP contribution in [0.3, 0.4) is 0 Å².